The van der Waals surface area contributed by atoms with Crippen molar-refractivity contribution >= 4 is 22.5 Å². The van der Waals surface area contributed by atoms with Gasteiger partial charge in [-0.25, -0.2) is 4.39 Å². The van der Waals surface area contributed by atoms with Crippen LogP contribution in [0.5, 0.6) is 0 Å². The molecule has 0 aliphatic rings. The number of nitrogens with zero attached hydrogens (tertiary/aromatic N) is 2. The Bertz CT molecular complexity index is 1600. The molecule has 4 aromatic carbocycles. The minimum absolute atomic E-state index is 0.0356. The summed E-state index contributed by atoms with van der Waals surface area (Å²) in [6.07, 6.45) is 2.71. The van der Waals surface area contributed by atoms with E-state index in [0.29, 0.717) is 30.5 Å². The number of amides is 1. The first kappa shape index (κ1) is 25.9. The van der Waals surface area contributed by atoms with Crippen LogP contribution in [0, 0.1) is 15.9 Å². The zero-order valence-corrected chi connectivity index (χ0v) is 21.3. The van der Waals surface area contributed by atoms with E-state index in [1.165, 1.54) is 18.2 Å². The van der Waals surface area contributed by atoms with Crippen LogP contribution in [0.4, 0.5) is 10.1 Å². The first-order valence-electron chi connectivity index (χ1n) is 12.8. The quantitative estimate of drug-likeness (QED) is 0.166. The molecule has 0 aliphatic heterocycles. The van der Waals surface area contributed by atoms with Crippen molar-refractivity contribution in [2.24, 2.45) is 0 Å². The Hall–Kier alpha value is -4.78. The summed E-state index contributed by atoms with van der Waals surface area (Å²) >= 11 is 0. The minimum Gasteiger partial charge on any atom is -0.356 e. The normalized spacial score (nSPS) is 11.8. The second kappa shape index (κ2) is 11.7. The van der Waals surface area contributed by atoms with Gasteiger partial charge in [-0.3, -0.25) is 14.9 Å². The lowest BCUT2D eigenvalue weighted by Crippen LogP contribution is -2.27. The smallest absolute Gasteiger partial charge is 0.270 e. The van der Waals surface area contributed by atoms with E-state index < -0.39 is 16.7 Å². The van der Waals surface area contributed by atoms with Crippen LogP contribution in [0.25, 0.3) is 10.9 Å². The zero-order chi connectivity index (χ0) is 27.2. The molecule has 1 atom stereocenters. The molecule has 0 aliphatic carbocycles. The van der Waals surface area contributed by atoms with Gasteiger partial charge in [-0.1, -0.05) is 72.8 Å². The third kappa shape index (κ3) is 6.21. The van der Waals surface area contributed by atoms with Crippen LogP contribution in [0.15, 0.2) is 109 Å². The SMILES string of the molecule is O=C(CC(c1cccc(F)c1)c1cn(Cc2ccccc2)c2ccc([N+](=O)[O-])cc12)NCCc1ccccc1. The van der Waals surface area contributed by atoms with Gasteiger partial charge in [0.15, 0.2) is 0 Å². The number of nitro benzene ring substituents is 1. The maximum absolute atomic E-state index is 14.4. The summed E-state index contributed by atoms with van der Waals surface area (Å²) in [4.78, 5) is 24.4. The molecule has 1 unspecified atom stereocenters. The number of carbonyl (C=O) groups is 1. The number of aromatic nitrogens is 1. The fourth-order valence-corrected chi connectivity index (χ4v) is 4.99. The highest BCUT2D eigenvalue weighted by molar-refractivity contribution is 5.88. The van der Waals surface area contributed by atoms with E-state index in [-0.39, 0.29) is 18.0 Å². The predicted molar refractivity (Wildman–Crippen MR) is 150 cm³/mol. The molecule has 0 bridgehead atoms. The van der Waals surface area contributed by atoms with Gasteiger partial charge in [-0.2, -0.15) is 0 Å². The number of carbonyl (C=O) groups excluding carboxylic acids is 1. The summed E-state index contributed by atoms with van der Waals surface area (Å²) in [5.74, 6) is -1.07. The third-order valence-corrected chi connectivity index (χ3v) is 6.90. The first-order valence-corrected chi connectivity index (χ1v) is 12.8. The summed E-state index contributed by atoms with van der Waals surface area (Å²) in [6, 6.07) is 30.8. The number of nitro groups is 1. The van der Waals surface area contributed by atoms with Crippen molar-refractivity contribution in [3.8, 4) is 0 Å². The monoisotopic (exact) mass is 521 g/mol. The van der Waals surface area contributed by atoms with Crippen LogP contribution in [-0.4, -0.2) is 21.9 Å². The van der Waals surface area contributed by atoms with Crippen LogP contribution in [0.3, 0.4) is 0 Å². The number of fused-ring (bicyclic) bond motifs is 1. The van der Waals surface area contributed by atoms with E-state index >= 15 is 0 Å². The zero-order valence-electron chi connectivity index (χ0n) is 21.3. The van der Waals surface area contributed by atoms with Crippen molar-refractivity contribution in [3.63, 3.8) is 0 Å². The van der Waals surface area contributed by atoms with E-state index in [4.69, 9.17) is 0 Å². The Morgan fingerprint density at radius 3 is 2.31 bits per heavy atom. The Morgan fingerprint density at radius 1 is 0.897 bits per heavy atom. The molecule has 196 valence electrons. The highest BCUT2D eigenvalue weighted by Crippen LogP contribution is 2.37. The minimum atomic E-state index is -0.501. The average Bonchev–Trinajstić information content (AvgIpc) is 3.30. The number of non-ortho nitro benzene ring substituents is 1. The number of hydrogen-bond donors (Lipinski definition) is 1. The highest BCUT2D eigenvalue weighted by atomic mass is 19.1. The lowest BCUT2D eigenvalue weighted by Gasteiger charge is -2.17. The Balaban J connectivity index is 1.51. The molecule has 5 rings (SSSR count). The van der Waals surface area contributed by atoms with Crippen molar-refractivity contribution in [1.82, 2.24) is 9.88 Å². The molecule has 7 heteroatoms. The highest BCUT2D eigenvalue weighted by Gasteiger charge is 2.24. The first-order chi connectivity index (χ1) is 19.0. The number of rotatable bonds is 10. The van der Waals surface area contributed by atoms with Gasteiger partial charge in [-0.05, 0) is 46.9 Å². The summed E-state index contributed by atoms with van der Waals surface area (Å²) in [5.41, 5.74) is 4.35. The Morgan fingerprint density at radius 2 is 1.62 bits per heavy atom. The molecule has 6 nitrogen and oxygen atoms in total. The van der Waals surface area contributed by atoms with Crippen LogP contribution in [0.2, 0.25) is 0 Å². The Kier molecular flexibility index (Phi) is 7.78. The molecule has 5 aromatic rings. The molecule has 0 saturated heterocycles. The van der Waals surface area contributed by atoms with E-state index in [1.807, 2.05) is 71.4 Å². The number of nitrogens with one attached hydrogen (secondary N) is 1. The van der Waals surface area contributed by atoms with Gasteiger partial charge in [0, 0.05) is 54.7 Å². The van der Waals surface area contributed by atoms with Gasteiger partial charge in [0.1, 0.15) is 5.82 Å². The maximum atomic E-state index is 14.4. The summed E-state index contributed by atoms with van der Waals surface area (Å²) < 4.78 is 16.4. The third-order valence-electron chi connectivity index (χ3n) is 6.90. The van der Waals surface area contributed by atoms with Crippen molar-refractivity contribution in [2.45, 2.75) is 25.3 Å². The molecule has 1 N–H and O–H groups in total. The lowest BCUT2D eigenvalue weighted by molar-refractivity contribution is -0.384. The standard InChI is InChI=1S/C32H28FN3O3/c33-26-13-7-12-25(18-26)28(20-32(37)34-17-16-23-8-3-1-4-9-23)30-22-35(21-24-10-5-2-6-11-24)31-15-14-27(36(38)39)19-29(30)31/h1-15,18-19,22,28H,16-17,20-21H2,(H,34,37). The van der Waals surface area contributed by atoms with Gasteiger partial charge in [0.05, 0.1) is 4.92 Å². The molecular formula is C32H28FN3O3. The molecule has 39 heavy (non-hydrogen) atoms. The van der Waals surface area contributed by atoms with Gasteiger partial charge in [0.25, 0.3) is 5.69 Å². The van der Waals surface area contributed by atoms with Crippen molar-refractivity contribution < 1.29 is 14.1 Å². The molecular weight excluding hydrogens is 493 g/mol. The van der Waals surface area contributed by atoms with E-state index in [2.05, 4.69) is 5.32 Å². The maximum Gasteiger partial charge on any atom is 0.270 e. The summed E-state index contributed by atoms with van der Waals surface area (Å²) in [7, 11) is 0. The summed E-state index contributed by atoms with van der Waals surface area (Å²) in [6.45, 7) is 1.02. The molecule has 0 spiro atoms. The van der Waals surface area contributed by atoms with Gasteiger partial charge in [0.2, 0.25) is 5.91 Å². The van der Waals surface area contributed by atoms with Crippen molar-refractivity contribution in [2.75, 3.05) is 6.54 Å². The number of halogens is 1. The molecule has 1 heterocycles. The molecule has 1 aromatic heterocycles. The predicted octanol–water partition coefficient (Wildman–Crippen LogP) is 6.62. The fourth-order valence-electron chi connectivity index (χ4n) is 4.99. The molecule has 0 fully saturated rings. The van der Waals surface area contributed by atoms with E-state index in [1.54, 1.807) is 24.3 Å². The van der Waals surface area contributed by atoms with Gasteiger partial charge in [-0.15, -0.1) is 0 Å². The van der Waals surface area contributed by atoms with Crippen molar-refractivity contribution in [1.29, 1.82) is 0 Å². The average molecular weight is 522 g/mol. The largest absolute Gasteiger partial charge is 0.356 e. The van der Waals surface area contributed by atoms with Gasteiger partial charge < -0.3 is 9.88 Å². The second-order valence-corrected chi connectivity index (χ2v) is 9.55. The summed E-state index contributed by atoms with van der Waals surface area (Å²) in [5, 5.41) is 15.3. The lowest BCUT2D eigenvalue weighted by atomic mass is 9.88. The van der Waals surface area contributed by atoms with Gasteiger partial charge >= 0.3 is 0 Å². The molecule has 1 amide bonds. The van der Waals surface area contributed by atoms with E-state index in [0.717, 1.165) is 22.2 Å². The number of hydrogen-bond acceptors (Lipinski definition) is 3. The molecule has 0 saturated carbocycles. The Labute approximate surface area is 225 Å². The van der Waals surface area contributed by atoms with Crippen LogP contribution >= 0.6 is 0 Å². The topological polar surface area (TPSA) is 77.2 Å². The molecule has 0 radical (unpaired) electrons. The fraction of sp³-hybridized carbons (Fsp3) is 0.156. The second-order valence-electron chi connectivity index (χ2n) is 9.55. The van der Waals surface area contributed by atoms with E-state index in [9.17, 15) is 19.3 Å². The van der Waals surface area contributed by atoms with Crippen LogP contribution in [-0.2, 0) is 17.8 Å². The van der Waals surface area contributed by atoms with Crippen LogP contribution in [0.1, 0.15) is 34.6 Å². The van der Waals surface area contributed by atoms with Crippen molar-refractivity contribution in [3.05, 3.63) is 148 Å². The number of benzene rings is 4. The van der Waals surface area contributed by atoms with Crippen LogP contribution < -0.4 is 5.32 Å².